The maximum Gasteiger partial charge on any atom is 0.306 e. The van der Waals surface area contributed by atoms with Crippen molar-refractivity contribution in [2.24, 2.45) is 0 Å². The fourth-order valence-electron chi connectivity index (χ4n) is 9.61. The molecule has 0 bridgehead atoms. The maximum absolute atomic E-state index is 12.9. The van der Waals surface area contributed by atoms with Gasteiger partial charge < -0.3 is 14.2 Å². The molecular weight excluding hydrogens is 877 g/mol. The fourth-order valence-corrected chi connectivity index (χ4v) is 9.61. The van der Waals surface area contributed by atoms with E-state index in [0.717, 1.165) is 57.8 Å². The van der Waals surface area contributed by atoms with Crippen molar-refractivity contribution in [3.8, 4) is 0 Å². The molecule has 1 atom stereocenters. The number of ether oxygens (including phenoxy) is 3. The highest BCUT2D eigenvalue weighted by Gasteiger charge is 2.19. The lowest BCUT2D eigenvalue weighted by atomic mass is 10.0. The SMILES string of the molecule is CCCCCC/C=C\CCCCCCCCCC(=O)OC[C@@H](COC(=O)CCCCCCCCC/C=C\CCCCCCCC)OC(=O)CCCCCCCCCCCCCCCCCCCCCCC. The molecule has 0 fully saturated rings. The Morgan fingerprint density at radius 3 is 0.718 bits per heavy atom. The van der Waals surface area contributed by atoms with E-state index in [9.17, 15) is 14.4 Å². The Morgan fingerprint density at radius 1 is 0.268 bits per heavy atom. The normalized spacial score (nSPS) is 12.1. The van der Waals surface area contributed by atoms with Gasteiger partial charge in [-0.3, -0.25) is 14.4 Å². The zero-order chi connectivity index (χ0) is 51.4. The van der Waals surface area contributed by atoms with Crippen LogP contribution in [0.5, 0.6) is 0 Å². The number of esters is 3. The van der Waals surface area contributed by atoms with Gasteiger partial charge in [-0.25, -0.2) is 0 Å². The lowest BCUT2D eigenvalue weighted by Crippen LogP contribution is -2.30. The fraction of sp³-hybridized carbons (Fsp3) is 0.892. The van der Waals surface area contributed by atoms with Crippen molar-refractivity contribution in [1.82, 2.24) is 0 Å². The topological polar surface area (TPSA) is 78.9 Å². The van der Waals surface area contributed by atoms with Crippen LogP contribution in [0.1, 0.15) is 355 Å². The molecule has 0 aliphatic carbocycles. The van der Waals surface area contributed by atoms with Gasteiger partial charge in [-0.05, 0) is 70.6 Å². The van der Waals surface area contributed by atoms with Crippen LogP contribution in [-0.4, -0.2) is 37.2 Å². The molecule has 0 rings (SSSR count). The number of rotatable bonds is 59. The number of hydrogen-bond donors (Lipinski definition) is 0. The van der Waals surface area contributed by atoms with Crippen molar-refractivity contribution < 1.29 is 28.6 Å². The van der Waals surface area contributed by atoms with Crippen molar-refractivity contribution in [3.63, 3.8) is 0 Å². The molecule has 0 unspecified atom stereocenters. The molecule has 6 nitrogen and oxygen atoms in total. The summed E-state index contributed by atoms with van der Waals surface area (Å²) in [4.78, 5) is 38.3. The Balaban J connectivity index is 4.31. The average Bonchev–Trinajstić information content (AvgIpc) is 3.37. The van der Waals surface area contributed by atoms with E-state index in [1.807, 2.05) is 0 Å². The molecule has 0 aromatic rings. The standard InChI is InChI=1S/C65H122O6/c1-4-7-10-13-16-19-22-25-28-30-31-32-33-35-38-41-44-47-50-53-56-59-65(68)71-62(60-69-63(66)57-54-51-48-45-42-39-36-27-24-21-18-15-12-9-6-3)61-70-64(67)58-55-52-49-46-43-40-37-34-29-26-23-20-17-14-11-8-5-2/h21,24,26,29,62H,4-20,22-23,25,27-28,30-61H2,1-3H3/b24-21-,29-26-/t62-/m0/s1. The predicted molar refractivity (Wildman–Crippen MR) is 307 cm³/mol. The summed E-state index contributed by atoms with van der Waals surface area (Å²) < 4.78 is 16.9. The number of carbonyl (C=O) groups excluding carboxylic acids is 3. The summed E-state index contributed by atoms with van der Waals surface area (Å²) in [7, 11) is 0. The molecule has 0 N–H and O–H groups in total. The lowest BCUT2D eigenvalue weighted by molar-refractivity contribution is -0.167. The Hall–Kier alpha value is -2.11. The molecule has 71 heavy (non-hydrogen) atoms. The molecule has 0 aromatic carbocycles. The Morgan fingerprint density at radius 2 is 0.465 bits per heavy atom. The molecule has 0 aliphatic rings. The number of carbonyl (C=O) groups is 3. The van der Waals surface area contributed by atoms with Gasteiger partial charge in [0.05, 0.1) is 0 Å². The van der Waals surface area contributed by atoms with Crippen molar-refractivity contribution in [3.05, 3.63) is 24.3 Å². The summed E-state index contributed by atoms with van der Waals surface area (Å²) in [5.74, 6) is -0.852. The van der Waals surface area contributed by atoms with Gasteiger partial charge in [-0.1, -0.05) is 289 Å². The molecule has 6 heteroatoms. The first-order chi connectivity index (χ1) is 35.0. The van der Waals surface area contributed by atoms with Crippen LogP contribution in [0, 0.1) is 0 Å². The number of unbranched alkanes of at least 4 members (excludes halogenated alkanes) is 44. The third-order valence-electron chi connectivity index (χ3n) is 14.4. The zero-order valence-electron chi connectivity index (χ0n) is 48.0. The van der Waals surface area contributed by atoms with Crippen LogP contribution in [0.15, 0.2) is 24.3 Å². The molecule has 0 aromatic heterocycles. The minimum Gasteiger partial charge on any atom is -0.462 e. The van der Waals surface area contributed by atoms with Gasteiger partial charge in [0.15, 0.2) is 6.10 Å². The van der Waals surface area contributed by atoms with Crippen LogP contribution >= 0.6 is 0 Å². The third kappa shape index (κ3) is 58.7. The summed E-state index contributed by atoms with van der Waals surface area (Å²) in [5, 5.41) is 0. The molecule has 0 saturated heterocycles. The summed E-state index contributed by atoms with van der Waals surface area (Å²) in [6.07, 6.45) is 71.8. The summed E-state index contributed by atoms with van der Waals surface area (Å²) >= 11 is 0. The number of allylic oxidation sites excluding steroid dienone is 4. The van der Waals surface area contributed by atoms with Crippen molar-refractivity contribution in [1.29, 1.82) is 0 Å². The van der Waals surface area contributed by atoms with E-state index in [-0.39, 0.29) is 31.1 Å². The van der Waals surface area contributed by atoms with Crippen LogP contribution in [0.3, 0.4) is 0 Å². The Kier molecular flexibility index (Phi) is 58.6. The summed E-state index contributed by atoms with van der Waals surface area (Å²) in [5.41, 5.74) is 0. The Labute approximate surface area is 443 Å². The molecule has 0 spiro atoms. The third-order valence-corrected chi connectivity index (χ3v) is 14.4. The second-order valence-corrected chi connectivity index (χ2v) is 21.7. The van der Waals surface area contributed by atoms with Gasteiger partial charge in [0.1, 0.15) is 13.2 Å². The highest BCUT2D eigenvalue weighted by atomic mass is 16.6. The highest BCUT2D eigenvalue weighted by molar-refractivity contribution is 5.71. The minimum atomic E-state index is -0.772. The first kappa shape index (κ1) is 68.9. The summed E-state index contributed by atoms with van der Waals surface area (Å²) in [6.45, 7) is 6.68. The van der Waals surface area contributed by atoms with Crippen molar-refractivity contribution in [2.45, 2.75) is 361 Å². The average molecular weight is 1000 g/mol. The van der Waals surface area contributed by atoms with E-state index >= 15 is 0 Å². The van der Waals surface area contributed by atoms with Gasteiger partial charge in [0.2, 0.25) is 0 Å². The van der Waals surface area contributed by atoms with Gasteiger partial charge in [0, 0.05) is 19.3 Å². The molecule has 0 heterocycles. The smallest absolute Gasteiger partial charge is 0.306 e. The molecule has 0 amide bonds. The minimum absolute atomic E-state index is 0.0701. The monoisotopic (exact) mass is 999 g/mol. The Bertz CT molecular complexity index is 1150. The molecule has 0 saturated carbocycles. The van der Waals surface area contributed by atoms with Crippen molar-refractivity contribution >= 4 is 17.9 Å². The molecule has 418 valence electrons. The van der Waals surface area contributed by atoms with Crippen LogP contribution in [-0.2, 0) is 28.6 Å². The van der Waals surface area contributed by atoms with E-state index in [1.54, 1.807) is 0 Å². The van der Waals surface area contributed by atoms with E-state index in [4.69, 9.17) is 14.2 Å². The van der Waals surface area contributed by atoms with Gasteiger partial charge in [-0.15, -0.1) is 0 Å². The zero-order valence-corrected chi connectivity index (χ0v) is 48.0. The lowest BCUT2D eigenvalue weighted by Gasteiger charge is -2.18. The van der Waals surface area contributed by atoms with Gasteiger partial charge in [-0.2, -0.15) is 0 Å². The van der Waals surface area contributed by atoms with E-state index in [1.165, 1.54) is 257 Å². The predicted octanol–water partition coefficient (Wildman–Crippen LogP) is 21.4. The van der Waals surface area contributed by atoms with Crippen LogP contribution in [0.4, 0.5) is 0 Å². The van der Waals surface area contributed by atoms with Gasteiger partial charge >= 0.3 is 17.9 Å². The molecule has 0 aliphatic heterocycles. The van der Waals surface area contributed by atoms with E-state index in [0.29, 0.717) is 19.3 Å². The molecule has 0 radical (unpaired) electrons. The van der Waals surface area contributed by atoms with E-state index in [2.05, 4.69) is 45.1 Å². The second kappa shape index (κ2) is 60.4. The first-order valence-corrected chi connectivity index (χ1v) is 31.8. The van der Waals surface area contributed by atoms with Crippen molar-refractivity contribution in [2.75, 3.05) is 13.2 Å². The number of hydrogen-bond acceptors (Lipinski definition) is 6. The van der Waals surface area contributed by atoms with E-state index < -0.39 is 6.10 Å². The summed E-state index contributed by atoms with van der Waals surface area (Å²) in [6, 6.07) is 0. The second-order valence-electron chi connectivity index (χ2n) is 21.7. The highest BCUT2D eigenvalue weighted by Crippen LogP contribution is 2.18. The van der Waals surface area contributed by atoms with Crippen LogP contribution in [0.25, 0.3) is 0 Å². The van der Waals surface area contributed by atoms with Crippen LogP contribution < -0.4 is 0 Å². The van der Waals surface area contributed by atoms with Crippen LogP contribution in [0.2, 0.25) is 0 Å². The largest absolute Gasteiger partial charge is 0.462 e. The molecular formula is C65H122O6. The van der Waals surface area contributed by atoms with Gasteiger partial charge in [0.25, 0.3) is 0 Å². The first-order valence-electron chi connectivity index (χ1n) is 31.8. The maximum atomic E-state index is 12.9. The quantitative estimate of drug-likeness (QED) is 0.0261.